The molecule has 2 aliphatic heterocycles. The molecule has 1 saturated heterocycles. The number of benzene rings is 2. The lowest BCUT2D eigenvalue weighted by Gasteiger charge is -2.38. The first-order valence-electron chi connectivity index (χ1n) is 9.62. The Hall–Kier alpha value is -2.04. The van der Waals surface area contributed by atoms with Gasteiger partial charge in [-0.3, -0.25) is 0 Å². The van der Waals surface area contributed by atoms with E-state index in [1.54, 1.807) is 0 Å². The van der Waals surface area contributed by atoms with Gasteiger partial charge >= 0.3 is 0 Å². The molecule has 4 nitrogen and oxygen atoms in total. The fraction of sp³-hybridized carbons (Fsp3) is 0.455. The topological polar surface area (TPSA) is 41.9 Å². The van der Waals surface area contributed by atoms with Gasteiger partial charge in [0, 0.05) is 13.1 Å². The number of fused-ring (bicyclic) bond motifs is 1. The van der Waals surface area contributed by atoms with E-state index in [4.69, 9.17) is 9.47 Å². The quantitative estimate of drug-likeness (QED) is 0.892. The van der Waals surface area contributed by atoms with Gasteiger partial charge in [0.15, 0.2) is 11.5 Å². The minimum Gasteiger partial charge on any atom is -0.486 e. The minimum atomic E-state index is -0.665. The predicted octanol–water partition coefficient (Wildman–Crippen LogP) is 3.59. The summed E-state index contributed by atoms with van der Waals surface area (Å²) in [7, 11) is 0. The van der Waals surface area contributed by atoms with E-state index >= 15 is 0 Å². The van der Waals surface area contributed by atoms with Gasteiger partial charge in [0.2, 0.25) is 0 Å². The summed E-state index contributed by atoms with van der Waals surface area (Å²) in [5, 5.41) is 10.9. The Balaban J connectivity index is 1.21. The molecule has 2 heterocycles. The highest BCUT2D eigenvalue weighted by molar-refractivity contribution is 5.40. The van der Waals surface area contributed by atoms with E-state index in [-0.39, 0.29) is 6.10 Å². The molecule has 0 spiro atoms. The van der Waals surface area contributed by atoms with Crippen LogP contribution in [0.4, 0.5) is 0 Å². The smallest absolute Gasteiger partial charge is 0.161 e. The molecule has 1 unspecified atom stereocenters. The van der Waals surface area contributed by atoms with E-state index < -0.39 is 5.60 Å². The zero-order chi connectivity index (χ0) is 17.8. The van der Waals surface area contributed by atoms with Crippen LogP contribution < -0.4 is 9.47 Å². The highest BCUT2D eigenvalue weighted by Crippen LogP contribution is 2.33. The zero-order valence-corrected chi connectivity index (χ0v) is 15.1. The number of ether oxygens (including phenoxy) is 2. The van der Waals surface area contributed by atoms with E-state index in [2.05, 4.69) is 4.90 Å². The lowest BCUT2D eigenvalue weighted by Crippen LogP contribution is -2.43. The van der Waals surface area contributed by atoms with Crippen LogP contribution in [0.2, 0.25) is 0 Å². The molecule has 0 radical (unpaired) electrons. The third-order valence-electron chi connectivity index (χ3n) is 5.56. The minimum absolute atomic E-state index is 0.135. The molecule has 2 aromatic rings. The largest absolute Gasteiger partial charge is 0.486 e. The maximum absolute atomic E-state index is 10.9. The number of rotatable bonds is 5. The van der Waals surface area contributed by atoms with E-state index in [0.29, 0.717) is 6.61 Å². The van der Waals surface area contributed by atoms with Gasteiger partial charge in [0.25, 0.3) is 0 Å². The van der Waals surface area contributed by atoms with Crippen LogP contribution in [0.1, 0.15) is 31.2 Å². The number of nitrogens with zero attached hydrogens (tertiary/aromatic N) is 1. The number of hydrogen-bond donors (Lipinski definition) is 1. The molecule has 4 rings (SSSR count). The monoisotopic (exact) mass is 353 g/mol. The summed E-state index contributed by atoms with van der Waals surface area (Å²) in [6, 6.07) is 17.9. The first-order valence-corrected chi connectivity index (χ1v) is 9.62. The Morgan fingerprint density at radius 2 is 1.65 bits per heavy atom. The first-order chi connectivity index (χ1) is 12.7. The van der Waals surface area contributed by atoms with Crippen molar-refractivity contribution < 1.29 is 14.6 Å². The summed E-state index contributed by atoms with van der Waals surface area (Å²) in [5.74, 6) is 1.70. The van der Waals surface area contributed by atoms with Gasteiger partial charge in [-0.15, -0.1) is 0 Å². The van der Waals surface area contributed by atoms with Crippen LogP contribution in [-0.2, 0) is 5.60 Å². The third kappa shape index (κ3) is 3.87. The molecular formula is C22H27NO3. The van der Waals surface area contributed by atoms with Crippen LogP contribution in [0, 0.1) is 0 Å². The second-order valence-corrected chi connectivity index (χ2v) is 7.38. The second kappa shape index (κ2) is 7.68. The summed E-state index contributed by atoms with van der Waals surface area (Å²) >= 11 is 0. The molecule has 138 valence electrons. The number of aliphatic hydroxyl groups is 1. The fourth-order valence-electron chi connectivity index (χ4n) is 3.93. The van der Waals surface area contributed by atoms with Gasteiger partial charge in [-0.25, -0.2) is 0 Å². The average Bonchev–Trinajstić information content (AvgIpc) is 2.70. The van der Waals surface area contributed by atoms with Crippen LogP contribution in [0.3, 0.4) is 0 Å². The Bertz CT molecular complexity index is 710. The molecule has 0 amide bonds. The molecule has 1 fully saturated rings. The number of para-hydroxylation sites is 2. The first kappa shape index (κ1) is 17.4. The van der Waals surface area contributed by atoms with Crippen LogP contribution in [0.5, 0.6) is 11.5 Å². The highest BCUT2D eigenvalue weighted by atomic mass is 16.6. The SMILES string of the molecule is OC1(c2ccccc2)CCN(CCCC2COc3ccccc3O2)CC1. The maximum atomic E-state index is 10.9. The number of piperidine rings is 1. The van der Waals surface area contributed by atoms with Crippen LogP contribution >= 0.6 is 0 Å². The number of hydrogen-bond acceptors (Lipinski definition) is 4. The molecule has 1 N–H and O–H groups in total. The molecular weight excluding hydrogens is 326 g/mol. The van der Waals surface area contributed by atoms with Gasteiger partial charge in [0.05, 0.1) is 5.60 Å². The van der Waals surface area contributed by atoms with Crippen molar-refractivity contribution in [1.29, 1.82) is 0 Å². The predicted molar refractivity (Wildman–Crippen MR) is 102 cm³/mol. The summed E-state index contributed by atoms with van der Waals surface area (Å²) in [4.78, 5) is 2.45. The van der Waals surface area contributed by atoms with Gasteiger partial charge in [-0.2, -0.15) is 0 Å². The van der Waals surface area contributed by atoms with Gasteiger partial charge in [-0.05, 0) is 49.9 Å². The molecule has 0 aromatic heterocycles. The molecule has 0 bridgehead atoms. The van der Waals surface area contributed by atoms with E-state index in [0.717, 1.165) is 62.4 Å². The maximum Gasteiger partial charge on any atom is 0.161 e. The molecule has 2 aromatic carbocycles. The van der Waals surface area contributed by atoms with Crippen LogP contribution in [0.25, 0.3) is 0 Å². The van der Waals surface area contributed by atoms with Crippen LogP contribution in [-0.4, -0.2) is 42.4 Å². The van der Waals surface area contributed by atoms with Gasteiger partial charge in [0.1, 0.15) is 12.7 Å². The molecule has 0 saturated carbocycles. The molecule has 26 heavy (non-hydrogen) atoms. The zero-order valence-electron chi connectivity index (χ0n) is 15.1. The molecule has 2 aliphatic rings. The summed E-state index contributed by atoms with van der Waals surface area (Å²) in [6.45, 7) is 3.56. The van der Waals surface area contributed by atoms with E-state index in [9.17, 15) is 5.11 Å². The van der Waals surface area contributed by atoms with E-state index in [1.807, 2.05) is 54.6 Å². The van der Waals surface area contributed by atoms with Crippen molar-refractivity contribution in [2.75, 3.05) is 26.2 Å². The Kier molecular flexibility index (Phi) is 5.14. The van der Waals surface area contributed by atoms with Crippen molar-refractivity contribution >= 4 is 0 Å². The van der Waals surface area contributed by atoms with Gasteiger partial charge < -0.3 is 19.5 Å². The second-order valence-electron chi connectivity index (χ2n) is 7.38. The van der Waals surface area contributed by atoms with Crippen molar-refractivity contribution in [1.82, 2.24) is 4.90 Å². The standard InChI is InChI=1S/C22H27NO3/c24-22(18-7-2-1-3-8-18)12-15-23(16-13-22)14-6-9-19-17-25-20-10-4-5-11-21(20)26-19/h1-5,7-8,10-11,19,24H,6,9,12-17H2. The summed E-state index contributed by atoms with van der Waals surface area (Å²) in [5.41, 5.74) is 0.382. The van der Waals surface area contributed by atoms with E-state index in [1.165, 1.54) is 0 Å². The lowest BCUT2D eigenvalue weighted by molar-refractivity contribution is -0.0268. The normalized spacial score (nSPS) is 22.1. The van der Waals surface area contributed by atoms with Gasteiger partial charge in [-0.1, -0.05) is 42.5 Å². The van der Waals surface area contributed by atoms with Crippen LogP contribution in [0.15, 0.2) is 54.6 Å². The van der Waals surface area contributed by atoms with Crippen molar-refractivity contribution in [2.24, 2.45) is 0 Å². The fourth-order valence-corrected chi connectivity index (χ4v) is 3.93. The van der Waals surface area contributed by atoms with Crippen molar-refractivity contribution in [3.05, 3.63) is 60.2 Å². The van der Waals surface area contributed by atoms with Crippen molar-refractivity contribution in [3.8, 4) is 11.5 Å². The molecule has 4 heteroatoms. The Morgan fingerprint density at radius 1 is 0.962 bits per heavy atom. The highest BCUT2D eigenvalue weighted by Gasteiger charge is 2.33. The summed E-state index contributed by atoms with van der Waals surface area (Å²) in [6.07, 6.45) is 3.81. The molecule has 0 aliphatic carbocycles. The Labute approximate surface area is 155 Å². The van der Waals surface area contributed by atoms with Crippen molar-refractivity contribution in [2.45, 2.75) is 37.4 Å². The Morgan fingerprint density at radius 3 is 2.42 bits per heavy atom. The summed E-state index contributed by atoms with van der Waals surface area (Å²) < 4.78 is 11.8. The number of likely N-dealkylation sites (tertiary alicyclic amines) is 1. The lowest BCUT2D eigenvalue weighted by atomic mass is 9.84. The molecule has 1 atom stereocenters. The average molecular weight is 353 g/mol. The van der Waals surface area contributed by atoms with Crippen molar-refractivity contribution in [3.63, 3.8) is 0 Å². The third-order valence-corrected chi connectivity index (χ3v) is 5.56.